The maximum atomic E-state index is 11.6. The normalized spacial score (nSPS) is 10.2. The van der Waals surface area contributed by atoms with Gasteiger partial charge in [-0.2, -0.15) is 0 Å². The second-order valence-corrected chi connectivity index (χ2v) is 5.87. The summed E-state index contributed by atoms with van der Waals surface area (Å²) in [6, 6.07) is 11.0. The quantitative estimate of drug-likeness (QED) is 0.712. The van der Waals surface area contributed by atoms with E-state index in [4.69, 9.17) is 14.2 Å². The Kier molecular flexibility index (Phi) is 6.49. The number of ether oxygens (including phenoxy) is 3. The van der Waals surface area contributed by atoms with E-state index in [0.29, 0.717) is 30.2 Å². The van der Waals surface area contributed by atoms with Crippen molar-refractivity contribution in [1.82, 2.24) is 0 Å². The third-order valence-corrected chi connectivity index (χ3v) is 3.86. The van der Waals surface area contributed by atoms with Crippen molar-refractivity contribution in [2.24, 2.45) is 0 Å². The van der Waals surface area contributed by atoms with Crippen LogP contribution in [0.15, 0.2) is 40.9 Å². The molecule has 0 aliphatic heterocycles. The molecule has 0 aliphatic carbocycles. The molecule has 0 radical (unpaired) electrons. The third-order valence-electron chi connectivity index (χ3n) is 3.40. The maximum absolute atomic E-state index is 11.6. The minimum atomic E-state index is -0.317. The van der Waals surface area contributed by atoms with Crippen LogP contribution in [0.1, 0.15) is 22.8 Å². The summed E-state index contributed by atoms with van der Waals surface area (Å²) in [7, 11) is 3.22. The number of halogens is 1. The second-order valence-electron chi connectivity index (χ2n) is 4.95. The predicted octanol–water partition coefficient (Wildman–Crippen LogP) is 4.26. The van der Waals surface area contributed by atoms with Gasteiger partial charge in [-0.1, -0.05) is 15.9 Å². The molecule has 0 aromatic heterocycles. The number of carbonyl (C=O) groups excluding carboxylic acids is 1. The summed E-state index contributed by atoms with van der Waals surface area (Å²) < 4.78 is 16.7. The monoisotopic (exact) mass is 393 g/mol. The molecule has 0 spiro atoms. The van der Waals surface area contributed by atoms with Crippen LogP contribution in [0.25, 0.3) is 0 Å². The van der Waals surface area contributed by atoms with Crippen LogP contribution in [0.4, 0.5) is 5.69 Å². The zero-order valence-corrected chi connectivity index (χ0v) is 15.5. The van der Waals surface area contributed by atoms with E-state index in [0.717, 1.165) is 15.7 Å². The first-order chi connectivity index (χ1) is 11.6. The molecule has 0 bridgehead atoms. The highest BCUT2D eigenvalue weighted by atomic mass is 79.9. The molecule has 0 unspecified atom stereocenters. The number of esters is 1. The van der Waals surface area contributed by atoms with E-state index in [1.54, 1.807) is 33.3 Å². The molecule has 1 N–H and O–H groups in total. The van der Waals surface area contributed by atoms with Gasteiger partial charge in [0, 0.05) is 22.3 Å². The van der Waals surface area contributed by atoms with Gasteiger partial charge in [0.2, 0.25) is 0 Å². The number of hydrogen-bond acceptors (Lipinski definition) is 5. The van der Waals surface area contributed by atoms with Gasteiger partial charge in [0.15, 0.2) is 11.5 Å². The average molecular weight is 394 g/mol. The SMILES string of the molecule is CCOC(=O)c1ccc(NCc2cc(Br)cc(OC)c2OC)cc1. The molecule has 5 nitrogen and oxygen atoms in total. The Morgan fingerprint density at radius 2 is 1.83 bits per heavy atom. The van der Waals surface area contributed by atoms with E-state index < -0.39 is 0 Å². The van der Waals surface area contributed by atoms with Gasteiger partial charge in [0.1, 0.15) is 0 Å². The molecular formula is C18H20BrNO4. The molecule has 0 heterocycles. The minimum Gasteiger partial charge on any atom is -0.493 e. The van der Waals surface area contributed by atoms with Crippen molar-refractivity contribution in [1.29, 1.82) is 0 Å². The smallest absolute Gasteiger partial charge is 0.338 e. The maximum Gasteiger partial charge on any atom is 0.338 e. The predicted molar refractivity (Wildman–Crippen MR) is 97.0 cm³/mol. The van der Waals surface area contributed by atoms with Crippen molar-refractivity contribution in [3.8, 4) is 11.5 Å². The van der Waals surface area contributed by atoms with Crippen molar-refractivity contribution < 1.29 is 19.0 Å². The molecule has 0 atom stereocenters. The van der Waals surface area contributed by atoms with Crippen LogP contribution in [-0.4, -0.2) is 26.8 Å². The lowest BCUT2D eigenvalue weighted by molar-refractivity contribution is 0.0526. The lowest BCUT2D eigenvalue weighted by atomic mass is 10.1. The van der Waals surface area contributed by atoms with Gasteiger partial charge in [-0.25, -0.2) is 4.79 Å². The largest absolute Gasteiger partial charge is 0.493 e. The van der Waals surface area contributed by atoms with Crippen molar-refractivity contribution in [2.45, 2.75) is 13.5 Å². The van der Waals surface area contributed by atoms with Crippen LogP contribution in [0.5, 0.6) is 11.5 Å². The van der Waals surface area contributed by atoms with Gasteiger partial charge in [-0.3, -0.25) is 0 Å². The molecule has 2 rings (SSSR count). The molecule has 0 saturated carbocycles. The Morgan fingerprint density at radius 1 is 1.12 bits per heavy atom. The Balaban J connectivity index is 2.11. The highest BCUT2D eigenvalue weighted by Crippen LogP contribution is 2.35. The minimum absolute atomic E-state index is 0.317. The molecule has 2 aromatic carbocycles. The molecule has 0 saturated heterocycles. The van der Waals surface area contributed by atoms with E-state index in [2.05, 4.69) is 21.2 Å². The highest BCUT2D eigenvalue weighted by molar-refractivity contribution is 9.10. The molecule has 24 heavy (non-hydrogen) atoms. The summed E-state index contributed by atoms with van der Waals surface area (Å²) in [5.41, 5.74) is 2.38. The van der Waals surface area contributed by atoms with E-state index in [1.165, 1.54) is 0 Å². The second kappa shape index (κ2) is 8.59. The first-order valence-electron chi connectivity index (χ1n) is 7.50. The number of anilines is 1. The number of methoxy groups -OCH3 is 2. The van der Waals surface area contributed by atoms with E-state index in [-0.39, 0.29) is 5.97 Å². The lowest BCUT2D eigenvalue weighted by Gasteiger charge is -2.15. The molecule has 0 amide bonds. The van der Waals surface area contributed by atoms with E-state index in [9.17, 15) is 4.79 Å². The Bertz CT molecular complexity index is 701. The standard InChI is InChI=1S/C18H20BrNO4/c1-4-24-18(21)12-5-7-15(8-6-12)20-11-13-9-14(19)10-16(22-2)17(13)23-3/h5-10,20H,4,11H2,1-3H3. The van der Waals surface area contributed by atoms with Crippen LogP contribution < -0.4 is 14.8 Å². The van der Waals surface area contributed by atoms with Crippen LogP contribution in [0, 0.1) is 0 Å². The summed E-state index contributed by atoms with van der Waals surface area (Å²) in [5, 5.41) is 3.30. The fourth-order valence-corrected chi connectivity index (χ4v) is 2.76. The van der Waals surface area contributed by atoms with Crippen molar-refractivity contribution >= 4 is 27.6 Å². The zero-order chi connectivity index (χ0) is 17.5. The molecule has 128 valence electrons. The van der Waals surface area contributed by atoms with Gasteiger partial charge in [0.25, 0.3) is 0 Å². The van der Waals surface area contributed by atoms with Crippen molar-refractivity contribution in [2.75, 3.05) is 26.1 Å². The summed E-state index contributed by atoms with van der Waals surface area (Å²) >= 11 is 3.47. The van der Waals surface area contributed by atoms with Gasteiger partial charge >= 0.3 is 5.97 Å². The summed E-state index contributed by atoms with van der Waals surface area (Å²) in [4.78, 5) is 11.6. The summed E-state index contributed by atoms with van der Waals surface area (Å²) in [5.74, 6) is 1.04. The Morgan fingerprint density at radius 3 is 2.42 bits per heavy atom. The van der Waals surface area contributed by atoms with Crippen LogP contribution >= 0.6 is 15.9 Å². The Labute approximate surface area is 150 Å². The molecule has 0 fully saturated rings. The van der Waals surface area contributed by atoms with Crippen molar-refractivity contribution in [3.63, 3.8) is 0 Å². The van der Waals surface area contributed by atoms with Crippen LogP contribution in [-0.2, 0) is 11.3 Å². The van der Waals surface area contributed by atoms with Gasteiger partial charge in [-0.15, -0.1) is 0 Å². The van der Waals surface area contributed by atoms with Crippen molar-refractivity contribution in [3.05, 3.63) is 52.0 Å². The average Bonchev–Trinajstić information content (AvgIpc) is 2.60. The fraction of sp³-hybridized carbons (Fsp3) is 0.278. The Hall–Kier alpha value is -2.21. The summed E-state index contributed by atoms with van der Waals surface area (Å²) in [6.45, 7) is 2.70. The number of hydrogen-bond donors (Lipinski definition) is 1. The van der Waals surface area contributed by atoms with E-state index in [1.807, 2.05) is 24.3 Å². The third kappa shape index (κ3) is 4.41. The number of carbonyl (C=O) groups is 1. The first kappa shape index (κ1) is 18.1. The van der Waals surface area contributed by atoms with E-state index >= 15 is 0 Å². The van der Waals surface area contributed by atoms with Crippen LogP contribution in [0.2, 0.25) is 0 Å². The molecule has 0 aliphatic rings. The molecular weight excluding hydrogens is 374 g/mol. The van der Waals surface area contributed by atoms with Gasteiger partial charge < -0.3 is 19.5 Å². The lowest BCUT2D eigenvalue weighted by Crippen LogP contribution is -2.06. The highest BCUT2D eigenvalue weighted by Gasteiger charge is 2.12. The van der Waals surface area contributed by atoms with Gasteiger partial charge in [-0.05, 0) is 43.3 Å². The number of rotatable bonds is 7. The first-order valence-corrected chi connectivity index (χ1v) is 8.29. The summed E-state index contributed by atoms with van der Waals surface area (Å²) in [6.07, 6.45) is 0. The number of nitrogens with one attached hydrogen (secondary N) is 1. The molecule has 6 heteroatoms. The van der Waals surface area contributed by atoms with Gasteiger partial charge in [0.05, 0.1) is 26.4 Å². The number of benzene rings is 2. The zero-order valence-electron chi connectivity index (χ0n) is 13.9. The fourth-order valence-electron chi connectivity index (χ4n) is 2.27. The topological polar surface area (TPSA) is 56.8 Å². The molecule has 2 aromatic rings. The van der Waals surface area contributed by atoms with Crippen LogP contribution in [0.3, 0.4) is 0 Å².